The molecule has 6 nitrogen and oxygen atoms in total. The summed E-state index contributed by atoms with van der Waals surface area (Å²) in [5, 5.41) is 0. The molecule has 0 radical (unpaired) electrons. The zero-order chi connectivity index (χ0) is 17.2. The Bertz CT molecular complexity index is 779. The predicted molar refractivity (Wildman–Crippen MR) is 91.7 cm³/mol. The Labute approximate surface area is 142 Å². The van der Waals surface area contributed by atoms with E-state index in [2.05, 4.69) is 9.71 Å². The van der Waals surface area contributed by atoms with Crippen molar-refractivity contribution in [3.63, 3.8) is 0 Å². The first-order valence-corrected chi connectivity index (χ1v) is 9.61. The number of benzene rings is 1. The maximum atomic E-state index is 12.8. The zero-order valence-electron chi connectivity index (χ0n) is 14.0. The molecule has 0 bridgehead atoms. The number of methoxy groups -OCH3 is 1. The fraction of sp³-hybridized carbons (Fsp3) is 0.471. The highest BCUT2D eigenvalue weighted by atomic mass is 32.2. The van der Waals surface area contributed by atoms with Crippen molar-refractivity contribution >= 4 is 10.0 Å². The number of rotatable bonds is 5. The molecule has 1 heterocycles. The van der Waals surface area contributed by atoms with E-state index in [1.807, 2.05) is 13.0 Å². The summed E-state index contributed by atoms with van der Waals surface area (Å²) in [6, 6.07) is 5.28. The monoisotopic (exact) mass is 349 g/mol. The van der Waals surface area contributed by atoms with Crippen molar-refractivity contribution in [2.45, 2.75) is 49.6 Å². The molecule has 0 saturated heterocycles. The third kappa shape index (κ3) is 3.85. The fourth-order valence-corrected chi connectivity index (χ4v) is 4.58. The minimum atomic E-state index is -3.54. The molecule has 24 heavy (non-hydrogen) atoms. The lowest BCUT2D eigenvalue weighted by molar-refractivity contribution is 0.0649. The highest BCUT2D eigenvalue weighted by molar-refractivity contribution is 7.89. The van der Waals surface area contributed by atoms with Gasteiger partial charge in [0.05, 0.1) is 17.3 Å². The molecule has 1 aromatic heterocycles. The van der Waals surface area contributed by atoms with Gasteiger partial charge in [0.15, 0.2) is 0 Å². The van der Waals surface area contributed by atoms with E-state index in [-0.39, 0.29) is 12.1 Å². The van der Waals surface area contributed by atoms with Crippen molar-refractivity contribution in [1.82, 2.24) is 14.3 Å². The van der Waals surface area contributed by atoms with Gasteiger partial charge in [-0.3, -0.25) is 0 Å². The lowest BCUT2D eigenvalue weighted by Gasteiger charge is -2.28. The lowest BCUT2D eigenvalue weighted by Crippen LogP contribution is -2.38. The molecule has 0 aliphatic heterocycles. The van der Waals surface area contributed by atoms with E-state index in [1.54, 1.807) is 42.5 Å². The van der Waals surface area contributed by atoms with Crippen LogP contribution in [-0.4, -0.2) is 37.2 Å². The second-order valence-electron chi connectivity index (χ2n) is 6.30. The number of nitrogens with zero attached hydrogens (tertiary/aromatic N) is 2. The third-order valence-corrected chi connectivity index (χ3v) is 5.98. The molecule has 2 aromatic rings. The first kappa shape index (κ1) is 17.1. The highest BCUT2D eigenvalue weighted by Crippen LogP contribution is 2.23. The molecular formula is C17H23N3O3S. The molecule has 0 atom stereocenters. The van der Waals surface area contributed by atoms with Gasteiger partial charge in [0.25, 0.3) is 0 Å². The van der Waals surface area contributed by atoms with Crippen molar-refractivity contribution < 1.29 is 13.2 Å². The number of aromatic nitrogens is 2. The Balaban J connectivity index is 1.80. The van der Waals surface area contributed by atoms with E-state index in [0.717, 1.165) is 36.9 Å². The Morgan fingerprint density at radius 1 is 1.21 bits per heavy atom. The Morgan fingerprint density at radius 2 is 1.96 bits per heavy atom. The van der Waals surface area contributed by atoms with Crippen LogP contribution in [0.25, 0.3) is 5.69 Å². The van der Waals surface area contributed by atoms with Gasteiger partial charge in [-0.25, -0.2) is 18.1 Å². The number of aryl methyl sites for hydroxylation is 1. The summed E-state index contributed by atoms with van der Waals surface area (Å²) >= 11 is 0. The first-order chi connectivity index (χ1) is 11.5. The van der Waals surface area contributed by atoms with E-state index < -0.39 is 10.0 Å². The standard InChI is InChI=1S/C17H23N3O3S/c1-13-9-15(20-8-7-18-12-20)11-17(10-13)24(21,22)19-14-3-5-16(23-2)6-4-14/h7-12,14,16,19H,3-6H2,1-2H3. The number of hydrogen-bond acceptors (Lipinski definition) is 4. The molecule has 7 heteroatoms. The van der Waals surface area contributed by atoms with Gasteiger partial charge in [-0.1, -0.05) is 0 Å². The number of ether oxygens (including phenoxy) is 1. The van der Waals surface area contributed by atoms with Crippen molar-refractivity contribution in [1.29, 1.82) is 0 Å². The highest BCUT2D eigenvalue weighted by Gasteiger charge is 2.26. The summed E-state index contributed by atoms with van der Waals surface area (Å²) < 4.78 is 35.5. The largest absolute Gasteiger partial charge is 0.381 e. The van der Waals surface area contributed by atoms with Gasteiger partial charge < -0.3 is 9.30 Å². The second-order valence-corrected chi connectivity index (χ2v) is 8.02. The predicted octanol–water partition coefficient (Wildman–Crippen LogP) is 2.42. The average Bonchev–Trinajstić information content (AvgIpc) is 3.09. The first-order valence-electron chi connectivity index (χ1n) is 8.13. The van der Waals surface area contributed by atoms with Gasteiger partial charge >= 0.3 is 0 Å². The second kappa shape index (κ2) is 7.04. The van der Waals surface area contributed by atoms with Crippen molar-refractivity contribution in [3.8, 4) is 5.69 Å². The number of sulfonamides is 1. The zero-order valence-corrected chi connectivity index (χ0v) is 14.8. The van der Waals surface area contributed by atoms with Gasteiger partial charge in [-0.05, 0) is 56.4 Å². The van der Waals surface area contributed by atoms with Crippen LogP contribution in [0.15, 0.2) is 41.8 Å². The molecule has 0 unspecified atom stereocenters. The molecule has 1 saturated carbocycles. The van der Waals surface area contributed by atoms with Crippen LogP contribution in [0, 0.1) is 6.92 Å². The van der Waals surface area contributed by atoms with Crippen LogP contribution in [-0.2, 0) is 14.8 Å². The normalized spacial score (nSPS) is 21.8. The van der Waals surface area contributed by atoms with E-state index in [4.69, 9.17) is 4.74 Å². The maximum Gasteiger partial charge on any atom is 0.240 e. The quantitative estimate of drug-likeness (QED) is 0.900. The molecule has 1 fully saturated rings. The molecule has 1 aliphatic carbocycles. The molecule has 130 valence electrons. The van der Waals surface area contributed by atoms with E-state index in [1.165, 1.54) is 0 Å². The summed E-state index contributed by atoms with van der Waals surface area (Å²) in [7, 11) is -1.84. The van der Waals surface area contributed by atoms with Gasteiger partial charge in [-0.15, -0.1) is 0 Å². The number of imidazole rings is 1. The average molecular weight is 349 g/mol. The minimum absolute atomic E-state index is 0.0291. The van der Waals surface area contributed by atoms with Crippen LogP contribution in [0.2, 0.25) is 0 Å². The summed E-state index contributed by atoms with van der Waals surface area (Å²) in [6.45, 7) is 1.89. The third-order valence-electron chi connectivity index (χ3n) is 4.48. The maximum absolute atomic E-state index is 12.8. The molecule has 0 amide bonds. The van der Waals surface area contributed by atoms with Crippen LogP contribution in [0.4, 0.5) is 0 Å². The molecule has 0 spiro atoms. The number of nitrogens with one attached hydrogen (secondary N) is 1. The van der Waals surface area contributed by atoms with Gasteiger partial charge in [0.2, 0.25) is 10.0 Å². The van der Waals surface area contributed by atoms with E-state index in [9.17, 15) is 8.42 Å². The van der Waals surface area contributed by atoms with Gasteiger partial charge in [-0.2, -0.15) is 0 Å². The Kier molecular flexibility index (Phi) is 5.03. The van der Waals surface area contributed by atoms with Gasteiger partial charge in [0.1, 0.15) is 0 Å². The summed E-state index contributed by atoms with van der Waals surface area (Å²) in [5.74, 6) is 0. The van der Waals surface area contributed by atoms with Crippen LogP contribution in [0.1, 0.15) is 31.2 Å². The lowest BCUT2D eigenvalue weighted by atomic mass is 9.94. The SMILES string of the molecule is COC1CCC(NS(=O)(=O)c2cc(C)cc(-n3ccnc3)c2)CC1. The van der Waals surface area contributed by atoms with Crippen LogP contribution in [0.3, 0.4) is 0 Å². The molecular weight excluding hydrogens is 326 g/mol. The van der Waals surface area contributed by atoms with Crippen LogP contribution >= 0.6 is 0 Å². The summed E-state index contributed by atoms with van der Waals surface area (Å²) in [6.07, 6.45) is 8.75. The Morgan fingerprint density at radius 3 is 2.58 bits per heavy atom. The van der Waals surface area contributed by atoms with Gasteiger partial charge in [0, 0.05) is 31.2 Å². The van der Waals surface area contributed by atoms with Crippen molar-refractivity contribution in [2.24, 2.45) is 0 Å². The number of hydrogen-bond donors (Lipinski definition) is 1. The Hall–Kier alpha value is -1.70. The smallest absolute Gasteiger partial charge is 0.240 e. The topological polar surface area (TPSA) is 73.2 Å². The molecule has 1 aromatic carbocycles. The fourth-order valence-electron chi connectivity index (χ4n) is 3.15. The van der Waals surface area contributed by atoms with Crippen LogP contribution in [0.5, 0.6) is 0 Å². The molecule has 1 aliphatic rings. The molecule has 1 N–H and O–H groups in total. The summed E-state index contributed by atoms with van der Waals surface area (Å²) in [4.78, 5) is 4.31. The van der Waals surface area contributed by atoms with E-state index in [0.29, 0.717) is 4.90 Å². The summed E-state index contributed by atoms with van der Waals surface area (Å²) in [5.41, 5.74) is 1.68. The van der Waals surface area contributed by atoms with E-state index >= 15 is 0 Å². The minimum Gasteiger partial charge on any atom is -0.381 e. The van der Waals surface area contributed by atoms with Crippen molar-refractivity contribution in [3.05, 3.63) is 42.5 Å². The van der Waals surface area contributed by atoms with Crippen molar-refractivity contribution in [2.75, 3.05) is 7.11 Å². The van der Waals surface area contributed by atoms with Crippen LogP contribution < -0.4 is 4.72 Å². The molecule has 3 rings (SSSR count).